The number of benzene rings is 1. The van der Waals surface area contributed by atoms with Crippen molar-refractivity contribution in [3.8, 4) is 0 Å². The number of carboxylic acid groups (broad SMARTS) is 1. The first-order valence-corrected chi connectivity index (χ1v) is 9.61. The van der Waals surface area contributed by atoms with Crippen LogP contribution in [0.1, 0.15) is 46.1 Å². The maximum absolute atomic E-state index is 11.9. The second-order valence-corrected chi connectivity index (χ2v) is 7.54. The molecule has 9 heteroatoms. The highest BCUT2D eigenvalue weighted by atomic mass is 16.6. The number of ether oxygens (including phenoxy) is 1. The highest BCUT2D eigenvalue weighted by Crippen LogP contribution is 2.12. The van der Waals surface area contributed by atoms with Crippen molar-refractivity contribution in [2.45, 2.75) is 59.4 Å². The van der Waals surface area contributed by atoms with E-state index in [2.05, 4.69) is 4.65 Å². The van der Waals surface area contributed by atoms with E-state index in [4.69, 9.17) is 15.5 Å². The number of carbonyl (C=O) groups is 2. The van der Waals surface area contributed by atoms with Gasteiger partial charge in [0.15, 0.2) is 0 Å². The Kier molecular flexibility index (Phi) is 13.8. The van der Waals surface area contributed by atoms with Gasteiger partial charge in [0.1, 0.15) is 12.6 Å². The minimum absolute atomic E-state index is 0.137. The molecule has 0 unspecified atom stereocenters. The summed E-state index contributed by atoms with van der Waals surface area (Å²) < 4.78 is 9.69. The van der Waals surface area contributed by atoms with Gasteiger partial charge in [-0.25, -0.2) is 9.59 Å². The minimum atomic E-state index is -1.02. The average Bonchev–Trinajstić information content (AvgIpc) is 2.64. The average molecular weight is 409 g/mol. The Morgan fingerprint density at radius 2 is 1.66 bits per heavy atom. The van der Waals surface area contributed by atoms with Crippen LogP contribution < -0.4 is 5.73 Å². The van der Waals surface area contributed by atoms with Crippen LogP contribution in [0.15, 0.2) is 30.3 Å². The van der Waals surface area contributed by atoms with Crippen LogP contribution in [0.25, 0.3) is 0 Å². The number of nitrogens with two attached hydrogens (primary N) is 1. The van der Waals surface area contributed by atoms with E-state index in [0.717, 1.165) is 16.9 Å². The maximum atomic E-state index is 11.9. The van der Waals surface area contributed by atoms with E-state index in [1.807, 2.05) is 58.0 Å². The van der Waals surface area contributed by atoms with Crippen LogP contribution in [0.4, 0.5) is 4.79 Å². The first-order valence-electron chi connectivity index (χ1n) is 9.61. The Balaban J connectivity index is 0.000000734. The molecule has 0 saturated carbocycles. The summed E-state index contributed by atoms with van der Waals surface area (Å²) in [5, 5.41) is 17.3. The second kappa shape index (κ2) is 14.8. The number of nitrogens with zero attached hydrogens (tertiary/aromatic N) is 1. The Hall–Kier alpha value is -2.10. The van der Waals surface area contributed by atoms with Crippen LogP contribution in [0, 0.1) is 11.8 Å². The van der Waals surface area contributed by atoms with Gasteiger partial charge in [0.2, 0.25) is 0 Å². The van der Waals surface area contributed by atoms with Crippen LogP contribution in [0.2, 0.25) is 0 Å². The van der Waals surface area contributed by atoms with Crippen LogP contribution in [0.5, 0.6) is 0 Å². The number of likely N-dealkylation sites (N-methyl/N-ethyl adjacent to an activating group) is 1. The molecule has 4 N–H and O–H groups in total. The molecule has 0 aromatic heterocycles. The topological polar surface area (TPSA) is 122 Å². The zero-order valence-electron chi connectivity index (χ0n) is 17.9. The van der Waals surface area contributed by atoms with Crippen molar-refractivity contribution in [3.63, 3.8) is 0 Å². The molecule has 2 atom stereocenters. The van der Waals surface area contributed by atoms with Gasteiger partial charge in [-0.15, -0.1) is 0 Å². The SMILES string of the molecule is CC(C)C[C@@H](C(=O)O)N(C)C(=O)OCc1ccccc1.CC(C)C[C@H](N)O[B]O. The summed E-state index contributed by atoms with van der Waals surface area (Å²) in [6, 6.07) is 8.41. The van der Waals surface area contributed by atoms with Crippen molar-refractivity contribution in [1.82, 2.24) is 4.90 Å². The molecule has 1 radical (unpaired) electrons. The van der Waals surface area contributed by atoms with Crippen molar-refractivity contribution >= 4 is 19.7 Å². The molecule has 1 aromatic rings. The van der Waals surface area contributed by atoms with Crippen LogP contribution in [-0.4, -0.2) is 54.1 Å². The lowest BCUT2D eigenvalue weighted by molar-refractivity contribution is -0.142. The smallest absolute Gasteiger partial charge is 0.480 e. The molecular weight excluding hydrogens is 375 g/mol. The molecule has 0 saturated heterocycles. The molecule has 29 heavy (non-hydrogen) atoms. The predicted molar refractivity (Wildman–Crippen MR) is 112 cm³/mol. The molecule has 1 amide bonds. The van der Waals surface area contributed by atoms with Crippen LogP contribution in [-0.2, 0) is 20.8 Å². The quantitative estimate of drug-likeness (QED) is 0.401. The minimum Gasteiger partial charge on any atom is -0.480 e. The molecular formula is C20H34BN2O6. The maximum Gasteiger partial charge on any atom is 0.486 e. The number of hydrogen-bond donors (Lipinski definition) is 3. The number of hydrogen-bond acceptors (Lipinski definition) is 6. The molecule has 0 heterocycles. The summed E-state index contributed by atoms with van der Waals surface area (Å²) in [6.07, 6.45) is 0.167. The van der Waals surface area contributed by atoms with Gasteiger partial charge in [-0.05, 0) is 30.2 Å². The van der Waals surface area contributed by atoms with Gasteiger partial charge in [0, 0.05) is 7.05 Å². The molecule has 0 spiro atoms. The molecule has 1 aromatic carbocycles. The molecule has 0 aliphatic carbocycles. The van der Waals surface area contributed by atoms with Crippen molar-refractivity contribution in [1.29, 1.82) is 0 Å². The van der Waals surface area contributed by atoms with Crippen molar-refractivity contribution in [2.24, 2.45) is 17.6 Å². The Morgan fingerprint density at radius 1 is 1.10 bits per heavy atom. The van der Waals surface area contributed by atoms with Gasteiger partial charge in [0.25, 0.3) is 0 Å². The Morgan fingerprint density at radius 3 is 2.10 bits per heavy atom. The summed E-state index contributed by atoms with van der Waals surface area (Å²) in [5.74, 6) is -0.335. The first kappa shape index (κ1) is 26.9. The molecule has 0 fully saturated rings. The third kappa shape index (κ3) is 12.9. The van der Waals surface area contributed by atoms with Gasteiger partial charge >= 0.3 is 19.7 Å². The highest BCUT2D eigenvalue weighted by Gasteiger charge is 2.28. The standard InChI is InChI=1S/C15H21NO4.C5H13BNO2/c1-11(2)9-13(14(17)18)16(3)15(19)20-10-12-7-5-4-6-8-12;1-4(2)3-5(7)9-6-8/h4-8,11,13H,9-10H2,1-3H3,(H,17,18);4-5,8H,3,7H2,1-2H3/t13-;5-/m01/s1. The van der Waals surface area contributed by atoms with E-state index in [9.17, 15) is 14.7 Å². The monoisotopic (exact) mass is 409 g/mol. The number of carbonyl (C=O) groups excluding carboxylic acids is 1. The largest absolute Gasteiger partial charge is 0.486 e. The molecule has 1 rings (SSSR count). The van der Waals surface area contributed by atoms with Gasteiger partial charge in [-0.2, -0.15) is 0 Å². The number of aliphatic carboxylic acids is 1. The summed E-state index contributed by atoms with van der Waals surface area (Å²) in [5.41, 5.74) is 6.24. The Labute approximate surface area is 174 Å². The van der Waals surface area contributed by atoms with Gasteiger partial charge < -0.3 is 25.3 Å². The third-order valence-corrected chi connectivity index (χ3v) is 3.88. The van der Waals surface area contributed by atoms with Crippen molar-refractivity contribution < 1.29 is 29.1 Å². The van der Waals surface area contributed by atoms with E-state index in [1.54, 1.807) is 0 Å². The molecule has 0 aliphatic heterocycles. The van der Waals surface area contributed by atoms with E-state index in [0.29, 0.717) is 20.0 Å². The Bertz CT molecular complexity index is 586. The van der Waals surface area contributed by atoms with Crippen LogP contribution in [0.3, 0.4) is 0 Å². The second-order valence-electron chi connectivity index (χ2n) is 7.54. The fourth-order valence-corrected chi connectivity index (χ4v) is 2.42. The molecule has 0 bridgehead atoms. The van der Waals surface area contributed by atoms with Gasteiger partial charge in [0.05, 0.1) is 6.23 Å². The fourth-order valence-electron chi connectivity index (χ4n) is 2.42. The molecule has 0 aliphatic rings. The lowest BCUT2D eigenvalue weighted by Gasteiger charge is -2.25. The van der Waals surface area contributed by atoms with E-state index in [1.165, 1.54) is 7.05 Å². The fraction of sp³-hybridized carbons (Fsp3) is 0.600. The van der Waals surface area contributed by atoms with Gasteiger partial charge in [-0.3, -0.25) is 4.90 Å². The number of carboxylic acids is 1. The zero-order chi connectivity index (χ0) is 22.4. The first-order chi connectivity index (χ1) is 13.6. The highest BCUT2D eigenvalue weighted by molar-refractivity contribution is 6.15. The van der Waals surface area contributed by atoms with E-state index in [-0.39, 0.29) is 18.8 Å². The number of rotatable bonds is 10. The third-order valence-electron chi connectivity index (χ3n) is 3.88. The lowest BCUT2D eigenvalue weighted by Crippen LogP contribution is -2.43. The van der Waals surface area contributed by atoms with Crippen molar-refractivity contribution in [3.05, 3.63) is 35.9 Å². The van der Waals surface area contributed by atoms with Crippen LogP contribution >= 0.6 is 0 Å². The van der Waals surface area contributed by atoms with Gasteiger partial charge in [-0.1, -0.05) is 58.0 Å². The van der Waals surface area contributed by atoms with E-state index >= 15 is 0 Å². The lowest BCUT2D eigenvalue weighted by atomic mass is 10.0. The summed E-state index contributed by atoms with van der Waals surface area (Å²) >= 11 is 0. The van der Waals surface area contributed by atoms with Crippen molar-refractivity contribution in [2.75, 3.05) is 7.05 Å². The number of amides is 1. The molecule has 8 nitrogen and oxygen atoms in total. The normalized spacial score (nSPS) is 12.6. The van der Waals surface area contributed by atoms with E-state index < -0.39 is 18.1 Å². The molecule has 163 valence electrons. The summed E-state index contributed by atoms with van der Waals surface area (Å²) in [4.78, 5) is 24.2. The summed E-state index contributed by atoms with van der Waals surface area (Å²) in [7, 11) is 2.08. The zero-order valence-corrected chi connectivity index (χ0v) is 17.9. The predicted octanol–water partition coefficient (Wildman–Crippen LogP) is 2.61. The summed E-state index contributed by atoms with van der Waals surface area (Å²) in [6.45, 7) is 8.05.